The van der Waals surface area contributed by atoms with Gasteiger partial charge in [0.2, 0.25) is 5.91 Å². The van der Waals surface area contributed by atoms with E-state index in [-0.39, 0.29) is 11.8 Å². The number of nitrogens with two attached hydrogens (primary N) is 1. The lowest BCUT2D eigenvalue weighted by atomic mass is 9.95. The Morgan fingerprint density at radius 3 is 3.05 bits per heavy atom. The van der Waals surface area contributed by atoms with Crippen molar-refractivity contribution in [2.45, 2.75) is 26.2 Å². The van der Waals surface area contributed by atoms with E-state index in [0.717, 1.165) is 25.0 Å². The molecule has 1 saturated carbocycles. The van der Waals surface area contributed by atoms with Gasteiger partial charge in [-0.1, -0.05) is 18.6 Å². The molecule has 1 aliphatic carbocycles. The number of nitrogens with one attached hydrogen (secondary N) is 1. The SMILES string of the molecule is Cc1cccc(OCCNC(=O)C2CCCC2CN)c1. The Labute approximate surface area is 120 Å². The molecule has 0 aromatic heterocycles. The van der Waals surface area contributed by atoms with Gasteiger partial charge in [0.15, 0.2) is 0 Å². The van der Waals surface area contributed by atoms with Crippen LogP contribution in [0.2, 0.25) is 0 Å². The highest BCUT2D eigenvalue weighted by Gasteiger charge is 2.31. The van der Waals surface area contributed by atoms with E-state index < -0.39 is 0 Å². The van der Waals surface area contributed by atoms with Crippen molar-refractivity contribution in [3.63, 3.8) is 0 Å². The molecule has 2 unspecified atom stereocenters. The molecule has 0 aliphatic heterocycles. The minimum atomic E-state index is 0.0963. The fourth-order valence-corrected chi connectivity index (χ4v) is 2.84. The zero-order valence-electron chi connectivity index (χ0n) is 12.1. The average molecular weight is 276 g/mol. The van der Waals surface area contributed by atoms with E-state index in [1.54, 1.807) is 0 Å². The van der Waals surface area contributed by atoms with Crippen LogP contribution in [-0.4, -0.2) is 25.6 Å². The van der Waals surface area contributed by atoms with Crippen molar-refractivity contribution in [2.24, 2.45) is 17.6 Å². The van der Waals surface area contributed by atoms with Crippen LogP contribution in [-0.2, 0) is 4.79 Å². The summed E-state index contributed by atoms with van der Waals surface area (Å²) in [7, 11) is 0. The van der Waals surface area contributed by atoms with Crippen molar-refractivity contribution in [3.05, 3.63) is 29.8 Å². The number of carbonyl (C=O) groups excluding carboxylic acids is 1. The zero-order chi connectivity index (χ0) is 14.4. The molecule has 0 radical (unpaired) electrons. The number of carbonyl (C=O) groups is 1. The van der Waals surface area contributed by atoms with E-state index in [2.05, 4.69) is 5.32 Å². The Kier molecular flexibility index (Phi) is 5.41. The van der Waals surface area contributed by atoms with Crippen molar-refractivity contribution in [2.75, 3.05) is 19.7 Å². The second kappa shape index (κ2) is 7.29. The maximum Gasteiger partial charge on any atom is 0.223 e. The summed E-state index contributed by atoms with van der Waals surface area (Å²) in [5.74, 6) is 1.43. The summed E-state index contributed by atoms with van der Waals surface area (Å²) in [6.45, 7) is 3.68. The summed E-state index contributed by atoms with van der Waals surface area (Å²) in [5, 5.41) is 2.95. The molecular weight excluding hydrogens is 252 g/mol. The van der Waals surface area contributed by atoms with Crippen LogP contribution in [0.5, 0.6) is 5.75 Å². The summed E-state index contributed by atoms with van der Waals surface area (Å²) in [6.07, 6.45) is 3.15. The predicted octanol–water partition coefficient (Wildman–Crippen LogP) is 1.87. The minimum Gasteiger partial charge on any atom is -0.492 e. The molecular formula is C16H24N2O2. The van der Waals surface area contributed by atoms with Crippen LogP contribution in [0.4, 0.5) is 0 Å². The Bertz CT molecular complexity index is 448. The predicted molar refractivity (Wildman–Crippen MR) is 79.6 cm³/mol. The molecule has 1 aromatic carbocycles. The third kappa shape index (κ3) is 3.97. The molecule has 4 heteroatoms. The molecule has 20 heavy (non-hydrogen) atoms. The molecule has 1 amide bonds. The van der Waals surface area contributed by atoms with E-state index in [0.29, 0.717) is 25.6 Å². The van der Waals surface area contributed by atoms with Crippen LogP contribution >= 0.6 is 0 Å². The highest BCUT2D eigenvalue weighted by Crippen LogP contribution is 2.30. The molecule has 0 heterocycles. The first-order valence-electron chi connectivity index (χ1n) is 7.38. The van der Waals surface area contributed by atoms with Crippen molar-refractivity contribution in [3.8, 4) is 5.75 Å². The quantitative estimate of drug-likeness (QED) is 0.780. The van der Waals surface area contributed by atoms with Crippen LogP contribution in [0.25, 0.3) is 0 Å². The van der Waals surface area contributed by atoms with Gasteiger partial charge in [-0.25, -0.2) is 0 Å². The largest absolute Gasteiger partial charge is 0.492 e. The van der Waals surface area contributed by atoms with E-state index in [1.807, 2.05) is 31.2 Å². The summed E-state index contributed by atoms with van der Waals surface area (Å²) in [5.41, 5.74) is 6.87. The lowest BCUT2D eigenvalue weighted by Gasteiger charge is -2.17. The van der Waals surface area contributed by atoms with Gasteiger partial charge in [0.1, 0.15) is 12.4 Å². The van der Waals surface area contributed by atoms with Crippen molar-refractivity contribution >= 4 is 5.91 Å². The Hall–Kier alpha value is -1.55. The van der Waals surface area contributed by atoms with Gasteiger partial charge in [0.25, 0.3) is 0 Å². The molecule has 1 aromatic rings. The maximum absolute atomic E-state index is 12.1. The monoisotopic (exact) mass is 276 g/mol. The van der Waals surface area contributed by atoms with Crippen molar-refractivity contribution in [1.82, 2.24) is 5.32 Å². The topological polar surface area (TPSA) is 64.3 Å². The number of hydrogen-bond acceptors (Lipinski definition) is 3. The molecule has 110 valence electrons. The van der Waals surface area contributed by atoms with Gasteiger partial charge in [0, 0.05) is 5.92 Å². The first kappa shape index (κ1) is 14.9. The highest BCUT2D eigenvalue weighted by molar-refractivity contribution is 5.79. The van der Waals surface area contributed by atoms with Crippen LogP contribution in [0.15, 0.2) is 24.3 Å². The fraction of sp³-hybridized carbons (Fsp3) is 0.562. The molecule has 2 atom stereocenters. The molecule has 0 saturated heterocycles. The number of aryl methyl sites for hydroxylation is 1. The van der Waals surface area contributed by atoms with Gasteiger partial charge < -0.3 is 15.8 Å². The number of hydrogen-bond donors (Lipinski definition) is 2. The minimum absolute atomic E-state index is 0.0963. The molecule has 2 rings (SSSR count). The van der Waals surface area contributed by atoms with Crippen LogP contribution in [0, 0.1) is 18.8 Å². The number of ether oxygens (including phenoxy) is 1. The number of amides is 1. The van der Waals surface area contributed by atoms with E-state index in [4.69, 9.17) is 10.5 Å². The van der Waals surface area contributed by atoms with Gasteiger partial charge in [0.05, 0.1) is 6.54 Å². The molecule has 3 N–H and O–H groups in total. The zero-order valence-corrected chi connectivity index (χ0v) is 12.1. The van der Waals surface area contributed by atoms with Crippen molar-refractivity contribution in [1.29, 1.82) is 0 Å². The van der Waals surface area contributed by atoms with Crippen LogP contribution in [0.1, 0.15) is 24.8 Å². The fourth-order valence-electron chi connectivity index (χ4n) is 2.84. The molecule has 0 spiro atoms. The van der Waals surface area contributed by atoms with Gasteiger partial charge in [-0.2, -0.15) is 0 Å². The lowest BCUT2D eigenvalue weighted by molar-refractivity contribution is -0.126. The van der Waals surface area contributed by atoms with Crippen LogP contribution in [0.3, 0.4) is 0 Å². The standard InChI is InChI=1S/C16H24N2O2/c1-12-4-2-6-14(10-12)20-9-8-18-16(19)15-7-3-5-13(15)11-17/h2,4,6,10,13,15H,3,5,7-9,11,17H2,1H3,(H,18,19). The Balaban J connectivity index is 1.69. The number of rotatable bonds is 6. The molecule has 0 bridgehead atoms. The Morgan fingerprint density at radius 2 is 2.30 bits per heavy atom. The first-order valence-corrected chi connectivity index (χ1v) is 7.38. The van der Waals surface area contributed by atoms with E-state index >= 15 is 0 Å². The van der Waals surface area contributed by atoms with Crippen LogP contribution < -0.4 is 15.8 Å². The normalized spacial score (nSPS) is 21.7. The number of benzene rings is 1. The average Bonchev–Trinajstić information content (AvgIpc) is 2.92. The van der Waals surface area contributed by atoms with Gasteiger partial charge in [-0.15, -0.1) is 0 Å². The van der Waals surface area contributed by atoms with Gasteiger partial charge >= 0.3 is 0 Å². The molecule has 1 aliphatic rings. The third-order valence-corrected chi connectivity index (χ3v) is 3.96. The maximum atomic E-state index is 12.1. The van der Waals surface area contributed by atoms with E-state index in [9.17, 15) is 4.79 Å². The van der Waals surface area contributed by atoms with Gasteiger partial charge in [-0.3, -0.25) is 4.79 Å². The molecule has 1 fully saturated rings. The third-order valence-electron chi connectivity index (χ3n) is 3.96. The summed E-state index contributed by atoms with van der Waals surface area (Å²) in [4.78, 5) is 12.1. The second-order valence-electron chi connectivity index (χ2n) is 5.49. The Morgan fingerprint density at radius 1 is 1.45 bits per heavy atom. The lowest BCUT2D eigenvalue weighted by Crippen LogP contribution is -2.37. The summed E-state index contributed by atoms with van der Waals surface area (Å²) < 4.78 is 5.61. The van der Waals surface area contributed by atoms with Crippen molar-refractivity contribution < 1.29 is 9.53 Å². The first-order chi connectivity index (χ1) is 9.70. The smallest absolute Gasteiger partial charge is 0.223 e. The molecule has 4 nitrogen and oxygen atoms in total. The summed E-state index contributed by atoms with van der Waals surface area (Å²) in [6, 6.07) is 7.91. The van der Waals surface area contributed by atoms with E-state index in [1.165, 1.54) is 5.56 Å². The van der Waals surface area contributed by atoms with Gasteiger partial charge in [-0.05, 0) is 49.9 Å². The highest BCUT2D eigenvalue weighted by atomic mass is 16.5. The second-order valence-corrected chi connectivity index (χ2v) is 5.49. The summed E-state index contributed by atoms with van der Waals surface area (Å²) >= 11 is 0.